The molecule has 84 valence electrons. The van der Waals surface area contributed by atoms with E-state index < -0.39 is 0 Å². The monoisotopic (exact) mass is 207 g/mol. The van der Waals surface area contributed by atoms with Gasteiger partial charge in [-0.15, -0.1) is 0 Å². The van der Waals surface area contributed by atoms with Crippen LogP contribution in [0.1, 0.15) is 32.9 Å². The molecule has 0 saturated carbocycles. The van der Waals surface area contributed by atoms with Crippen LogP contribution in [0.25, 0.3) is 0 Å². The fraction of sp³-hybridized carbons (Fsp3) is 0.667. The summed E-state index contributed by atoms with van der Waals surface area (Å²) in [5.74, 6) is 0.631. The summed E-state index contributed by atoms with van der Waals surface area (Å²) in [5.41, 5.74) is 1.12. The average molecular weight is 207 g/mol. The quantitative estimate of drug-likeness (QED) is 0.775. The normalized spacial score (nSPS) is 13.1. The summed E-state index contributed by atoms with van der Waals surface area (Å²) >= 11 is 0. The maximum atomic E-state index is 4.26. The van der Waals surface area contributed by atoms with Gasteiger partial charge in [0.15, 0.2) is 0 Å². The van der Waals surface area contributed by atoms with E-state index in [2.05, 4.69) is 36.1 Å². The van der Waals surface area contributed by atoms with Crippen molar-refractivity contribution in [1.29, 1.82) is 0 Å². The van der Waals surface area contributed by atoms with E-state index in [0.717, 1.165) is 18.7 Å². The predicted molar refractivity (Wildman–Crippen MR) is 62.7 cm³/mol. The second-order valence-electron chi connectivity index (χ2n) is 4.21. The van der Waals surface area contributed by atoms with Crippen molar-refractivity contribution < 1.29 is 0 Å². The molecule has 3 heteroatoms. The van der Waals surface area contributed by atoms with E-state index in [1.54, 1.807) is 12.5 Å². The molecule has 1 aromatic rings. The number of hydrogen-bond donors (Lipinski definition) is 1. The minimum absolute atomic E-state index is 0.514. The smallest absolute Gasteiger partial charge is 0.115 e. The summed E-state index contributed by atoms with van der Waals surface area (Å²) in [4.78, 5) is 8.19. The predicted octanol–water partition coefficient (Wildman–Crippen LogP) is 2.04. The first-order valence-electron chi connectivity index (χ1n) is 5.72. The van der Waals surface area contributed by atoms with Crippen LogP contribution in [0, 0.1) is 5.92 Å². The third-order valence-corrected chi connectivity index (χ3v) is 2.53. The minimum Gasteiger partial charge on any atom is -0.313 e. The molecule has 1 heterocycles. The standard InChI is InChI=1S/C12H21N3/c1-4-6-14-12(10(2)3)8-11-5-7-13-9-15-11/h5,7,9-10,12,14H,4,6,8H2,1-3H3. The molecule has 0 bridgehead atoms. The van der Waals surface area contributed by atoms with E-state index >= 15 is 0 Å². The molecular weight excluding hydrogens is 186 g/mol. The van der Waals surface area contributed by atoms with Gasteiger partial charge in [0, 0.05) is 24.4 Å². The van der Waals surface area contributed by atoms with Gasteiger partial charge >= 0.3 is 0 Å². The number of rotatable bonds is 6. The zero-order chi connectivity index (χ0) is 11.1. The Balaban J connectivity index is 2.51. The van der Waals surface area contributed by atoms with E-state index in [4.69, 9.17) is 0 Å². The Morgan fingerprint density at radius 3 is 2.73 bits per heavy atom. The van der Waals surface area contributed by atoms with Gasteiger partial charge in [-0.1, -0.05) is 20.8 Å². The van der Waals surface area contributed by atoms with Gasteiger partial charge in [0.2, 0.25) is 0 Å². The topological polar surface area (TPSA) is 37.8 Å². The Labute approximate surface area is 92.3 Å². The van der Waals surface area contributed by atoms with Gasteiger partial charge in [0.1, 0.15) is 6.33 Å². The fourth-order valence-electron chi connectivity index (χ4n) is 1.54. The third-order valence-electron chi connectivity index (χ3n) is 2.53. The molecular formula is C12H21N3. The van der Waals surface area contributed by atoms with Crippen LogP contribution in [0.3, 0.4) is 0 Å². The molecule has 1 rings (SSSR count). The van der Waals surface area contributed by atoms with Gasteiger partial charge in [-0.2, -0.15) is 0 Å². The summed E-state index contributed by atoms with van der Waals surface area (Å²) in [6, 6.07) is 2.50. The number of hydrogen-bond acceptors (Lipinski definition) is 3. The molecule has 0 aromatic carbocycles. The molecule has 0 radical (unpaired) electrons. The first-order chi connectivity index (χ1) is 7.24. The zero-order valence-corrected chi connectivity index (χ0v) is 9.90. The minimum atomic E-state index is 0.514. The Morgan fingerprint density at radius 2 is 2.20 bits per heavy atom. The lowest BCUT2D eigenvalue weighted by atomic mass is 9.99. The third kappa shape index (κ3) is 4.38. The van der Waals surface area contributed by atoms with Crippen LogP contribution in [0.4, 0.5) is 0 Å². The lowest BCUT2D eigenvalue weighted by molar-refractivity contribution is 0.394. The molecule has 15 heavy (non-hydrogen) atoms. The van der Waals surface area contributed by atoms with Crippen molar-refractivity contribution in [3.8, 4) is 0 Å². The van der Waals surface area contributed by atoms with Crippen molar-refractivity contribution in [2.45, 2.75) is 39.7 Å². The highest BCUT2D eigenvalue weighted by atomic mass is 14.9. The van der Waals surface area contributed by atoms with E-state index in [-0.39, 0.29) is 0 Å². The van der Waals surface area contributed by atoms with Gasteiger partial charge in [0.25, 0.3) is 0 Å². The highest BCUT2D eigenvalue weighted by Crippen LogP contribution is 2.07. The molecule has 0 aliphatic carbocycles. The summed E-state index contributed by atoms with van der Waals surface area (Å²) < 4.78 is 0. The van der Waals surface area contributed by atoms with Gasteiger partial charge in [-0.05, 0) is 24.9 Å². The SMILES string of the molecule is CCCNC(Cc1ccncn1)C(C)C. The van der Waals surface area contributed by atoms with E-state index in [0.29, 0.717) is 12.0 Å². The Hall–Kier alpha value is -0.960. The molecule has 0 spiro atoms. The average Bonchev–Trinajstić information content (AvgIpc) is 2.25. The molecule has 1 N–H and O–H groups in total. The maximum Gasteiger partial charge on any atom is 0.115 e. The Bertz CT molecular complexity index is 259. The van der Waals surface area contributed by atoms with Crippen molar-refractivity contribution in [3.05, 3.63) is 24.3 Å². The van der Waals surface area contributed by atoms with Crippen LogP contribution in [0.15, 0.2) is 18.6 Å². The Morgan fingerprint density at radius 1 is 1.40 bits per heavy atom. The highest BCUT2D eigenvalue weighted by molar-refractivity contribution is 5.00. The lowest BCUT2D eigenvalue weighted by Gasteiger charge is -2.21. The molecule has 1 atom stereocenters. The lowest BCUT2D eigenvalue weighted by Crippen LogP contribution is -2.36. The van der Waals surface area contributed by atoms with Crippen molar-refractivity contribution in [3.63, 3.8) is 0 Å². The molecule has 0 aliphatic rings. The summed E-state index contributed by atoms with van der Waals surface area (Å²) in [7, 11) is 0. The number of aromatic nitrogens is 2. The molecule has 1 unspecified atom stereocenters. The fourth-order valence-corrected chi connectivity index (χ4v) is 1.54. The molecule has 0 aliphatic heterocycles. The molecule has 0 fully saturated rings. The van der Waals surface area contributed by atoms with Crippen LogP contribution in [0.2, 0.25) is 0 Å². The van der Waals surface area contributed by atoms with Crippen molar-refractivity contribution >= 4 is 0 Å². The first-order valence-corrected chi connectivity index (χ1v) is 5.72. The Kier molecular flexibility index (Phi) is 5.26. The van der Waals surface area contributed by atoms with Gasteiger partial charge < -0.3 is 5.32 Å². The van der Waals surface area contributed by atoms with Crippen molar-refractivity contribution in [2.75, 3.05) is 6.54 Å². The van der Waals surface area contributed by atoms with Crippen LogP contribution in [-0.2, 0) is 6.42 Å². The summed E-state index contributed by atoms with van der Waals surface area (Å²) in [5, 5.41) is 3.56. The van der Waals surface area contributed by atoms with E-state index in [1.807, 2.05) is 6.07 Å². The van der Waals surface area contributed by atoms with Crippen LogP contribution in [-0.4, -0.2) is 22.6 Å². The van der Waals surface area contributed by atoms with Crippen molar-refractivity contribution in [1.82, 2.24) is 15.3 Å². The van der Waals surface area contributed by atoms with E-state index in [1.165, 1.54) is 6.42 Å². The van der Waals surface area contributed by atoms with Crippen LogP contribution < -0.4 is 5.32 Å². The molecule has 0 amide bonds. The van der Waals surface area contributed by atoms with Crippen LogP contribution in [0.5, 0.6) is 0 Å². The number of nitrogens with zero attached hydrogens (tertiary/aromatic N) is 2. The van der Waals surface area contributed by atoms with Gasteiger partial charge in [-0.3, -0.25) is 0 Å². The van der Waals surface area contributed by atoms with Crippen LogP contribution >= 0.6 is 0 Å². The number of nitrogens with one attached hydrogen (secondary N) is 1. The summed E-state index contributed by atoms with van der Waals surface area (Å²) in [6.45, 7) is 7.76. The van der Waals surface area contributed by atoms with Crippen molar-refractivity contribution in [2.24, 2.45) is 5.92 Å². The highest BCUT2D eigenvalue weighted by Gasteiger charge is 2.13. The zero-order valence-electron chi connectivity index (χ0n) is 9.90. The first kappa shape index (κ1) is 12.1. The molecule has 0 saturated heterocycles. The van der Waals surface area contributed by atoms with Gasteiger partial charge in [0.05, 0.1) is 0 Å². The largest absolute Gasteiger partial charge is 0.313 e. The molecule has 3 nitrogen and oxygen atoms in total. The van der Waals surface area contributed by atoms with Gasteiger partial charge in [-0.25, -0.2) is 9.97 Å². The maximum absolute atomic E-state index is 4.26. The summed E-state index contributed by atoms with van der Waals surface area (Å²) in [6.07, 6.45) is 5.58. The second kappa shape index (κ2) is 6.51. The van der Waals surface area contributed by atoms with E-state index in [9.17, 15) is 0 Å². The second-order valence-corrected chi connectivity index (χ2v) is 4.21. The molecule has 1 aromatic heterocycles.